The molecule has 1 heterocycles. The molecule has 0 aliphatic heterocycles. The van der Waals surface area contributed by atoms with Crippen molar-refractivity contribution in [2.75, 3.05) is 5.32 Å². The quantitative estimate of drug-likeness (QED) is 0.686. The van der Waals surface area contributed by atoms with Crippen LogP contribution in [0.2, 0.25) is 0 Å². The van der Waals surface area contributed by atoms with Gasteiger partial charge in [0.05, 0.1) is 5.56 Å². The van der Waals surface area contributed by atoms with Gasteiger partial charge in [0.15, 0.2) is 0 Å². The van der Waals surface area contributed by atoms with E-state index < -0.39 is 0 Å². The Balaban J connectivity index is 1.71. The summed E-state index contributed by atoms with van der Waals surface area (Å²) in [6.07, 6.45) is 0. The molecule has 1 amide bonds. The molecule has 134 valence electrons. The van der Waals surface area contributed by atoms with Gasteiger partial charge in [-0.3, -0.25) is 10.1 Å². The van der Waals surface area contributed by atoms with Crippen LogP contribution in [-0.2, 0) is 6.61 Å². The van der Waals surface area contributed by atoms with Gasteiger partial charge in [-0.25, -0.2) is 4.39 Å². The summed E-state index contributed by atoms with van der Waals surface area (Å²) in [5.41, 5.74) is 1.21. The van der Waals surface area contributed by atoms with E-state index in [1.807, 2.05) is 13.8 Å². The van der Waals surface area contributed by atoms with Crippen molar-refractivity contribution in [3.05, 3.63) is 70.5 Å². The third-order valence-corrected chi connectivity index (χ3v) is 4.73. The van der Waals surface area contributed by atoms with E-state index in [0.717, 1.165) is 10.6 Å². The number of hydrogen-bond donors (Lipinski definition) is 1. The van der Waals surface area contributed by atoms with E-state index in [2.05, 4.69) is 15.5 Å². The zero-order valence-corrected chi connectivity index (χ0v) is 15.2. The standard InChI is InChI=1S/C19H18FN3O2S/c1-12(2)18-22-23-19(26-18)21-17(24)15-5-3-4-6-16(15)25-11-13-7-9-14(20)10-8-13/h3-10,12H,11H2,1-2H3,(H,21,23,24). The van der Waals surface area contributed by atoms with Crippen LogP contribution < -0.4 is 10.1 Å². The van der Waals surface area contributed by atoms with E-state index in [9.17, 15) is 9.18 Å². The summed E-state index contributed by atoms with van der Waals surface area (Å²) in [5, 5.41) is 12.1. The van der Waals surface area contributed by atoms with Crippen LogP contribution in [0.1, 0.15) is 40.7 Å². The predicted molar refractivity (Wildman–Crippen MR) is 99.1 cm³/mol. The Labute approximate surface area is 154 Å². The predicted octanol–water partition coefficient (Wildman–Crippen LogP) is 4.63. The summed E-state index contributed by atoms with van der Waals surface area (Å²) in [7, 11) is 0. The number of amides is 1. The van der Waals surface area contributed by atoms with Crippen LogP contribution in [0.15, 0.2) is 48.5 Å². The summed E-state index contributed by atoms with van der Waals surface area (Å²) >= 11 is 1.35. The van der Waals surface area contributed by atoms with Crippen molar-refractivity contribution in [1.82, 2.24) is 10.2 Å². The number of nitrogens with one attached hydrogen (secondary N) is 1. The van der Waals surface area contributed by atoms with Crippen molar-refractivity contribution in [1.29, 1.82) is 0 Å². The van der Waals surface area contributed by atoms with E-state index in [1.165, 1.54) is 23.5 Å². The van der Waals surface area contributed by atoms with Gasteiger partial charge in [0.2, 0.25) is 5.13 Å². The van der Waals surface area contributed by atoms with Crippen LogP contribution in [0.25, 0.3) is 0 Å². The molecule has 2 aromatic carbocycles. The van der Waals surface area contributed by atoms with Crippen molar-refractivity contribution in [3.8, 4) is 5.75 Å². The van der Waals surface area contributed by atoms with E-state index in [0.29, 0.717) is 16.4 Å². The Bertz CT molecular complexity index is 894. The topological polar surface area (TPSA) is 64.1 Å². The lowest BCUT2D eigenvalue weighted by atomic mass is 10.2. The SMILES string of the molecule is CC(C)c1nnc(NC(=O)c2ccccc2OCc2ccc(F)cc2)s1. The number of benzene rings is 2. The van der Waals surface area contributed by atoms with Crippen LogP contribution in [0.3, 0.4) is 0 Å². The molecule has 0 saturated carbocycles. The number of hydrogen-bond acceptors (Lipinski definition) is 5. The number of aromatic nitrogens is 2. The summed E-state index contributed by atoms with van der Waals surface area (Å²) in [4.78, 5) is 12.6. The molecule has 5 nitrogen and oxygen atoms in total. The second kappa shape index (κ2) is 8.05. The van der Waals surface area contributed by atoms with Crippen molar-refractivity contribution in [2.24, 2.45) is 0 Å². The molecule has 1 N–H and O–H groups in total. The molecule has 0 unspecified atom stereocenters. The van der Waals surface area contributed by atoms with Gasteiger partial charge in [-0.1, -0.05) is 49.4 Å². The first-order valence-corrected chi connectivity index (χ1v) is 8.95. The number of anilines is 1. The molecule has 0 bridgehead atoms. The van der Waals surface area contributed by atoms with Gasteiger partial charge in [0.25, 0.3) is 5.91 Å². The number of nitrogens with zero attached hydrogens (tertiary/aromatic N) is 2. The van der Waals surface area contributed by atoms with Crippen LogP contribution in [-0.4, -0.2) is 16.1 Å². The first kappa shape index (κ1) is 18.0. The van der Waals surface area contributed by atoms with Gasteiger partial charge in [-0.2, -0.15) is 0 Å². The van der Waals surface area contributed by atoms with Crippen LogP contribution in [0.4, 0.5) is 9.52 Å². The van der Waals surface area contributed by atoms with Crippen molar-refractivity contribution >= 4 is 22.4 Å². The highest BCUT2D eigenvalue weighted by Crippen LogP contribution is 2.25. The molecule has 0 fully saturated rings. The van der Waals surface area contributed by atoms with Crippen LogP contribution >= 0.6 is 11.3 Å². The fourth-order valence-corrected chi connectivity index (χ4v) is 2.95. The molecule has 0 atom stereocenters. The number of ether oxygens (including phenoxy) is 1. The van der Waals surface area contributed by atoms with Gasteiger partial charge in [0, 0.05) is 5.92 Å². The molecule has 7 heteroatoms. The molecule has 0 aliphatic rings. The van der Waals surface area contributed by atoms with Gasteiger partial charge >= 0.3 is 0 Å². The van der Waals surface area contributed by atoms with Crippen molar-refractivity contribution in [3.63, 3.8) is 0 Å². The Morgan fingerprint density at radius 3 is 2.58 bits per heavy atom. The van der Waals surface area contributed by atoms with E-state index in [-0.39, 0.29) is 24.2 Å². The summed E-state index contributed by atoms with van der Waals surface area (Å²) in [5.74, 6) is 0.0879. The van der Waals surface area contributed by atoms with Gasteiger partial charge < -0.3 is 4.74 Å². The number of rotatable bonds is 6. The fraction of sp³-hybridized carbons (Fsp3) is 0.211. The van der Waals surface area contributed by atoms with E-state index in [4.69, 9.17) is 4.74 Å². The molecule has 3 aromatic rings. The highest BCUT2D eigenvalue weighted by molar-refractivity contribution is 7.15. The number of carbonyl (C=O) groups is 1. The monoisotopic (exact) mass is 371 g/mol. The number of carbonyl (C=O) groups excluding carboxylic acids is 1. The molecule has 26 heavy (non-hydrogen) atoms. The van der Waals surface area contributed by atoms with Gasteiger partial charge in [-0.05, 0) is 29.8 Å². The zero-order chi connectivity index (χ0) is 18.5. The highest BCUT2D eigenvalue weighted by Gasteiger charge is 2.15. The molecular weight excluding hydrogens is 353 g/mol. The van der Waals surface area contributed by atoms with E-state index in [1.54, 1.807) is 36.4 Å². The van der Waals surface area contributed by atoms with Crippen molar-refractivity contribution in [2.45, 2.75) is 26.4 Å². The van der Waals surface area contributed by atoms with E-state index >= 15 is 0 Å². The first-order chi connectivity index (χ1) is 12.5. The largest absolute Gasteiger partial charge is 0.488 e. The Hall–Kier alpha value is -2.80. The number of halogens is 1. The third-order valence-electron chi connectivity index (χ3n) is 3.59. The first-order valence-electron chi connectivity index (χ1n) is 8.14. The average Bonchev–Trinajstić information content (AvgIpc) is 3.10. The maximum atomic E-state index is 13.0. The Morgan fingerprint density at radius 1 is 1.15 bits per heavy atom. The fourth-order valence-electron chi connectivity index (χ4n) is 2.20. The molecule has 0 radical (unpaired) electrons. The number of para-hydroxylation sites is 1. The Morgan fingerprint density at radius 2 is 1.88 bits per heavy atom. The minimum absolute atomic E-state index is 0.237. The maximum absolute atomic E-state index is 13.0. The second-order valence-corrected chi connectivity index (χ2v) is 6.97. The molecule has 0 spiro atoms. The lowest BCUT2D eigenvalue weighted by Crippen LogP contribution is -2.13. The second-order valence-electron chi connectivity index (χ2n) is 5.97. The van der Waals surface area contributed by atoms with Gasteiger partial charge in [0.1, 0.15) is 23.2 Å². The molecule has 1 aromatic heterocycles. The molecule has 3 rings (SSSR count). The molecular formula is C19H18FN3O2S. The zero-order valence-electron chi connectivity index (χ0n) is 14.4. The van der Waals surface area contributed by atoms with Crippen LogP contribution in [0.5, 0.6) is 5.75 Å². The average molecular weight is 371 g/mol. The summed E-state index contributed by atoms with van der Waals surface area (Å²) < 4.78 is 18.7. The molecule has 0 aliphatic carbocycles. The van der Waals surface area contributed by atoms with Crippen LogP contribution in [0, 0.1) is 5.82 Å². The minimum atomic E-state index is -0.314. The lowest BCUT2D eigenvalue weighted by molar-refractivity contribution is 0.102. The highest BCUT2D eigenvalue weighted by atomic mass is 32.1. The third kappa shape index (κ3) is 4.43. The summed E-state index contributed by atoms with van der Waals surface area (Å²) in [6.45, 7) is 4.27. The lowest BCUT2D eigenvalue weighted by Gasteiger charge is -2.11. The summed E-state index contributed by atoms with van der Waals surface area (Å²) in [6, 6.07) is 13.0. The normalized spacial score (nSPS) is 10.8. The van der Waals surface area contributed by atoms with Crippen molar-refractivity contribution < 1.29 is 13.9 Å². The van der Waals surface area contributed by atoms with Gasteiger partial charge in [-0.15, -0.1) is 10.2 Å². The maximum Gasteiger partial charge on any atom is 0.261 e. The molecule has 0 saturated heterocycles. The smallest absolute Gasteiger partial charge is 0.261 e. The Kier molecular flexibility index (Phi) is 5.58. The minimum Gasteiger partial charge on any atom is -0.488 e.